The molecule has 1 unspecified atom stereocenters. The van der Waals surface area contributed by atoms with Gasteiger partial charge in [0.05, 0.1) is 18.0 Å². The van der Waals surface area contributed by atoms with Gasteiger partial charge in [-0.15, -0.1) is 0 Å². The molecular formula is C16H20N2O4S. The van der Waals surface area contributed by atoms with Crippen molar-refractivity contribution >= 4 is 22.1 Å². The van der Waals surface area contributed by atoms with Crippen molar-refractivity contribution in [1.29, 1.82) is 0 Å². The highest BCUT2D eigenvalue weighted by Gasteiger charge is 2.64. The first-order chi connectivity index (χ1) is 10.9. The molecule has 1 aromatic carbocycles. The van der Waals surface area contributed by atoms with Crippen molar-refractivity contribution in [2.45, 2.75) is 49.4 Å². The minimum atomic E-state index is -3.43. The molecule has 3 aliphatic rings. The van der Waals surface area contributed by atoms with Gasteiger partial charge in [-0.25, -0.2) is 8.42 Å². The second-order valence-electron chi connectivity index (χ2n) is 6.82. The number of aliphatic hydroxyl groups is 1. The normalized spacial score (nSPS) is 35.7. The molecule has 4 rings (SSSR count). The Labute approximate surface area is 135 Å². The number of carbonyl (C=O) groups excluding carboxylic acids is 1. The molecule has 2 heterocycles. The number of nitrogens with zero attached hydrogens (tertiary/aromatic N) is 2. The lowest BCUT2D eigenvalue weighted by Crippen LogP contribution is -2.55. The van der Waals surface area contributed by atoms with E-state index in [-0.39, 0.29) is 12.1 Å². The third-order valence-electron chi connectivity index (χ3n) is 5.77. The zero-order valence-electron chi connectivity index (χ0n) is 12.9. The Morgan fingerprint density at radius 3 is 2.65 bits per heavy atom. The van der Waals surface area contributed by atoms with E-state index in [4.69, 9.17) is 0 Å². The zero-order valence-corrected chi connectivity index (χ0v) is 13.7. The summed E-state index contributed by atoms with van der Waals surface area (Å²) in [7, 11) is -3.43. The number of benzene rings is 1. The Bertz CT molecular complexity index is 765. The molecule has 1 aromatic rings. The van der Waals surface area contributed by atoms with Crippen LogP contribution in [0.3, 0.4) is 0 Å². The lowest BCUT2D eigenvalue weighted by molar-refractivity contribution is -0.127. The van der Waals surface area contributed by atoms with Crippen molar-refractivity contribution in [3.63, 3.8) is 0 Å². The number of carbonyl (C=O) groups is 1. The molecule has 1 aliphatic carbocycles. The van der Waals surface area contributed by atoms with Gasteiger partial charge in [-0.3, -0.25) is 9.10 Å². The van der Waals surface area contributed by atoms with Crippen molar-refractivity contribution in [2.75, 3.05) is 10.6 Å². The molecular weight excluding hydrogens is 316 g/mol. The zero-order chi connectivity index (χ0) is 16.4. The minimum absolute atomic E-state index is 0.151. The summed E-state index contributed by atoms with van der Waals surface area (Å²) in [6, 6.07) is 7.14. The largest absolute Gasteiger partial charge is 0.373 e. The number of sulfonamides is 1. The van der Waals surface area contributed by atoms with Crippen molar-refractivity contribution < 1.29 is 18.3 Å². The number of fused-ring (bicyclic) bond motifs is 1. The number of aliphatic hydroxyl groups excluding tert-OH is 1. The fraction of sp³-hybridized carbons (Fsp3) is 0.562. The third-order valence-corrected chi connectivity index (χ3v) is 6.94. The van der Waals surface area contributed by atoms with Gasteiger partial charge in [0.25, 0.3) is 0 Å². The summed E-state index contributed by atoms with van der Waals surface area (Å²) >= 11 is 0. The van der Waals surface area contributed by atoms with Gasteiger partial charge in [-0.05, 0) is 30.9 Å². The van der Waals surface area contributed by atoms with E-state index in [1.165, 1.54) is 15.5 Å². The van der Waals surface area contributed by atoms with Gasteiger partial charge in [-0.1, -0.05) is 18.2 Å². The van der Waals surface area contributed by atoms with E-state index in [0.29, 0.717) is 18.5 Å². The third kappa shape index (κ3) is 1.77. The fourth-order valence-electron chi connectivity index (χ4n) is 5.12. The maximum Gasteiger partial charge on any atom is 0.232 e. The maximum absolute atomic E-state index is 12.4. The number of rotatable bonds is 2. The summed E-state index contributed by atoms with van der Waals surface area (Å²) in [4.78, 5) is 13.0. The molecule has 7 heteroatoms. The van der Waals surface area contributed by atoms with Crippen LogP contribution in [0.4, 0.5) is 5.69 Å². The first-order valence-corrected chi connectivity index (χ1v) is 9.76. The van der Waals surface area contributed by atoms with Gasteiger partial charge in [0.2, 0.25) is 16.4 Å². The van der Waals surface area contributed by atoms with E-state index in [1.54, 1.807) is 0 Å². The van der Waals surface area contributed by atoms with Crippen LogP contribution >= 0.6 is 0 Å². The molecule has 2 fully saturated rings. The summed E-state index contributed by atoms with van der Waals surface area (Å²) in [5.74, 6) is 0. The highest BCUT2D eigenvalue weighted by atomic mass is 32.2. The molecule has 0 bridgehead atoms. The molecule has 6 nitrogen and oxygen atoms in total. The van der Waals surface area contributed by atoms with E-state index in [2.05, 4.69) is 0 Å². The Morgan fingerprint density at radius 1 is 1.26 bits per heavy atom. The lowest BCUT2D eigenvalue weighted by atomic mass is 9.65. The van der Waals surface area contributed by atoms with Crippen LogP contribution in [-0.2, 0) is 20.2 Å². The topological polar surface area (TPSA) is 77.9 Å². The van der Waals surface area contributed by atoms with E-state index < -0.39 is 21.7 Å². The Hall–Kier alpha value is -1.60. The van der Waals surface area contributed by atoms with E-state index >= 15 is 0 Å². The molecule has 1 N–H and O–H groups in total. The summed E-state index contributed by atoms with van der Waals surface area (Å²) in [6.45, 7) is 0. The van der Waals surface area contributed by atoms with Crippen molar-refractivity contribution in [3.8, 4) is 0 Å². The predicted octanol–water partition coefficient (Wildman–Crippen LogP) is 0.806. The van der Waals surface area contributed by atoms with Crippen LogP contribution in [0, 0.1) is 0 Å². The van der Waals surface area contributed by atoms with Gasteiger partial charge < -0.3 is 10.0 Å². The predicted molar refractivity (Wildman–Crippen MR) is 85.4 cm³/mol. The van der Waals surface area contributed by atoms with Gasteiger partial charge in [0, 0.05) is 17.9 Å². The van der Waals surface area contributed by atoms with Gasteiger partial charge in [-0.2, -0.15) is 0 Å². The highest BCUT2D eigenvalue weighted by Crippen LogP contribution is 2.59. The van der Waals surface area contributed by atoms with Crippen LogP contribution in [0.25, 0.3) is 0 Å². The monoisotopic (exact) mass is 336 g/mol. The Morgan fingerprint density at radius 2 is 1.96 bits per heavy atom. The summed E-state index contributed by atoms with van der Waals surface area (Å²) < 4.78 is 26.4. The molecule has 23 heavy (non-hydrogen) atoms. The van der Waals surface area contributed by atoms with Crippen LogP contribution in [0.1, 0.15) is 31.2 Å². The molecule has 1 saturated carbocycles. The minimum Gasteiger partial charge on any atom is -0.373 e. The van der Waals surface area contributed by atoms with Crippen LogP contribution < -0.4 is 4.31 Å². The van der Waals surface area contributed by atoms with Crippen LogP contribution in [-0.4, -0.2) is 49.4 Å². The summed E-state index contributed by atoms with van der Waals surface area (Å²) in [5.41, 5.74) is 1.15. The standard InChI is InChI=1S/C16H20N2O4S/c1-23(21,22)18-12-6-3-2-5-11(12)16-9-15(20)17(10-19)13(16)7-4-8-14(16)18/h2-3,5-6,10,13-15,20H,4,7-9H2,1H3/t13-,14-,15?,16+/m0/s1. The first-order valence-electron chi connectivity index (χ1n) is 7.91. The summed E-state index contributed by atoms with van der Waals surface area (Å²) in [5, 5.41) is 10.4. The highest BCUT2D eigenvalue weighted by molar-refractivity contribution is 7.92. The van der Waals surface area contributed by atoms with E-state index in [0.717, 1.165) is 24.8 Å². The smallest absolute Gasteiger partial charge is 0.232 e. The van der Waals surface area contributed by atoms with Gasteiger partial charge in [0.15, 0.2) is 0 Å². The molecule has 1 amide bonds. The number of para-hydroxylation sites is 1. The fourth-order valence-corrected chi connectivity index (χ4v) is 6.39. The molecule has 1 saturated heterocycles. The van der Waals surface area contributed by atoms with E-state index in [9.17, 15) is 18.3 Å². The van der Waals surface area contributed by atoms with E-state index in [1.807, 2.05) is 24.3 Å². The van der Waals surface area contributed by atoms with Crippen LogP contribution in [0.5, 0.6) is 0 Å². The van der Waals surface area contributed by atoms with Crippen molar-refractivity contribution in [2.24, 2.45) is 0 Å². The maximum atomic E-state index is 12.4. The second kappa shape index (κ2) is 4.70. The molecule has 4 atom stereocenters. The SMILES string of the molecule is CS(=O)(=O)N1c2ccccc2[C@]23CC(O)N(C=O)[C@H]2CCC[C@H]13. The average molecular weight is 336 g/mol. The van der Waals surface area contributed by atoms with Crippen molar-refractivity contribution in [1.82, 2.24) is 4.90 Å². The van der Waals surface area contributed by atoms with Gasteiger partial charge >= 0.3 is 0 Å². The Balaban J connectivity index is 1.98. The Kier molecular flexibility index (Phi) is 3.06. The molecule has 1 spiro atoms. The van der Waals surface area contributed by atoms with Crippen LogP contribution in [0.15, 0.2) is 24.3 Å². The number of anilines is 1. The van der Waals surface area contributed by atoms with Gasteiger partial charge in [0.1, 0.15) is 6.23 Å². The summed E-state index contributed by atoms with van der Waals surface area (Å²) in [6.07, 6.45) is 3.85. The molecule has 0 radical (unpaired) electrons. The quantitative estimate of drug-likeness (QED) is 0.811. The number of amides is 1. The number of likely N-dealkylation sites (tertiary alicyclic amines) is 1. The number of hydrogen-bond donors (Lipinski definition) is 1. The lowest BCUT2D eigenvalue weighted by Gasteiger charge is -2.44. The molecule has 124 valence electrons. The second-order valence-corrected chi connectivity index (χ2v) is 8.68. The van der Waals surface area contributed by atoms with Crippen LogP contribution in [0.2, 0.25) is 0 Å². The molecule has 0 aromatic heterocycles. The van der Waals surface area contributed by atoms with Crippen molar-refractivity contribution in [3.05, 3.63) is 29.8 Å². The first kappa shape index (κ1) is 15.0. The number of hydrogen-bond acceptors (Lipinski definition) is 4. The molecule has 2 aliphatic heterocycles. The average Bonchev–Trinajstić information content (AvgIpc) is 2.95.